The number of piperidine rings is 1. The van der Waals surface area contributed by atoms with Crippen molar-refractivity contribution in [2.45, 2.75) is 26.3 Å². The molecule has 0 bridgehead atoms. The molecule has 2 rings (SSSR count). The van der Waals surface area contributed by atoms with E-state index < -0.39 is 0 Å². The van der Waals surface area contributed by atoms with Gasteiger partial charge in [0, 0.05) is 19.1 Å². The third-order valence-corrected chi connectivity index (χ3v) is 4.25. The van der Waals surface area contributed by atoms with E-state index in [1.54, 1.807) is 0 Å². The molecule has 1 amide bonds. The maximum absolute atomic E-state index is 12.1. The van der Waals surface area contributed by atoms with Crippen molar-refractivity contribution in [3.63, 3.8) is 0 Å². The minimum Gasteiger partial charge on any atom is -0.360 e. The molecule has 1 aromatic heterocycles. The zero-order valence-corrected chi connectivity index (χ0v) is 12.5. The van der Waals surface area contributed by atoms with Crippen molar-refractivity contribution >= 4 is 22.4 Å². The molecule has 0 aliphatic carbocycles. The lowest BCUT2D eigenvalue weighted by molar-refractivity contribution is 0.0882. The molecule has 1 aliphatic rings. The highest BCUT2D eigenvalue weighted by atomic mass is 32.1. The summed E-state index contributed by atoms with van der Waals surface area (Å²) < 4.78 is 0. The van der Waals surface area contributed by atoms with E-state index in [0.29, 0.717) is 16.1 Å². The first kappa shape index (κ1) is 14.2. The van der Waals surface area contributed by atoms with Gasteiger partial charge in [0.15, 0.2) is 0 Å². The molecule has 0 saturated carbocycles. The van der Waals surface area contributed by atoms with Gasteiger partial charge in [-0.05, 0) is 32.9 Å². The van der Waals surface area contributed by atoms with Crippen LogP contribution in [0.3, 0.4) is 0 Å². The number of hydrogen-bond acceptors (Lipinski definition) is 6. The normalized spacial score (nSPS) is 24.2. The van der Waals surface area contributed by atoms with Crippen molar-refractivity contribution < 1.29 is 4.79 Å². The van der Waals surface area contributed by atoms with Crippen LogP contribution in [0.2, 0.25) is 0 Å². The van der Waals surface area contributed by atoms with E-state index in [2.05, 4.69) is 39.7 Å². The Morgan fingerprint density at radius 3 is 3.00 bits per heavy atom. The average Bonchev–Trinajstić information content (AvgIpc) is 2.82. The van der Waals surface area contributed by atoms with Crippen LogP contribution in [-0.2, 0) is 0 Å². The van der Waals surface area contributed by atoms with Crippen molar-refractivity contribution in [2.24, 2.45) is 5.92 Å². The van der Waals surface area contributed by atoms with Gasteiger partial charge >= 0.3 is 0 Å². The first-order valence-electron chi connectivity index (χ1n) is 6.67. The van der Waals surface area contributed by atoms with Gasteiger partial charge in [0.05, 0.1) is 0 Å². The average molecular weight is 283 g/mol. The molecule has 0 radical (unpaired) electrons. The standard InChI is InChI=1S/C12H21N5OS/c1-4-13-12-16-15-11(19-12)10(18)14-9-5-6-17(3)7-8(9)2/h8-9H,4-7H2,1-3H3,(H,13,16)(H,14,18). The largest absolute Gasteiger partial charge is 0.360 e. The van der Waals surface area contributed by atoms with Gasteiger partial charge in [0.2, 0.25) is 10.1 Å². The fraction of sp³-hybridized carbons (Fsp3) is 0.750. The topological polar surface area (TPSA) is 70.1 Å². The predicted octanol–water partition coefficient (Wildman–Crippen LogP) is 1.04. The van der Waals surface area contributed by atoms with Crippen molar-refractivity contribution in [3.8, 4) is 0 Å². The van der Waals surface area contributed by atoms with E-state index in [9.17, 15) is 4.79 Å². The maximum atomic E-state index is 12.1. The third kappa shape index (κ3) is 3.63. The number of amides is 1. The van der Waals surface area contributed by atoms with Gasteiger partial charge in [0.1, 0.15) is 0 Å². The lowest BCUT2D eigenvalue weighted by Gasteiger charge is -2.34. The lowest BCUT2D eigenvalue weighted by Crippen LogP contribution is -2.48. The number of anilines is 1. The summed E-state index contributed by atoms with van der Waals surface area (Å²) in [5, 5.41) is 15.1. The molecule has 6 nitrogen and oxygen atoms in total. The summed E-state index contributed by atoms with van der Waals surface area (Å²) in [5.41, 5.74) is 0. The Kier molecular flexibility index (Phi) is 4.71. The summed E-state index contributed by atoms with van der Waals surface area (Å²) in [5.74, 6) is 0.354. The van der Waals surface area contributed by atoms with Gasteiger partial charge in [-0.15, -0.1) is 10.2 Å². The zero-order valence-electron chi connectivity index (χ0n) is 11.6. The number of carbonyl (C=O) groups is 1. The fourth-order valence-corrected chi connectivity index (χ4v) is 3.05. The molecule has 2 N–H and O–H groups in total. The number of nitrogens with one attached hydrogen (secondary N) is 2. The summed E-state index contributed by atoms with van der Waals surface area (Å²) >= 11 is 1.30. The van der Waals surface area contributed by atoms with Crippen LogP contribution in [0.5, 0.6) is 0 Å². The Bertz CT molecular complexity index is 436. The molecule has 2 heterocycles. The number of hydrogen-bond donors (Lipinski definition) is 2. The van der Waals surface area contributed by atoms with E-state index >= 15 is 0 Å². The minimum atomic E-state index is -0.108. The van der Waals surface area contributed by atoms with E-state index in [1.807, 2.05) is 6.92 Å². The molecular formula is C12H21N5OS. The van der Waals surface area contributed by atoms with Crippen LogP contribution in [0.4, 0.5) is 5.13 Å². The Balaban J connectivity index is 1.92. The Hall–Kier alpha value is -1.21. The Labute approximate surface area is 117 Å². The van der Waals surface area contributed by atoms with Crippen molar-refractivity contribution in [2.75, 3.05) is 32.0 Å². The highest BCUT2D eigenvalue weighted by molar-refractivity contribution is 7.17. The molecule has 1 fully saturated rings. The monoisotopic (exact) mass is 283 g/mol. The maximum Gasteiger partial charge on any atom is 0.282 e. The molecule has 106 valence electrons. The van der Waals surface area contributed by atoms with Crippen molar-refractivity contribution in [1.82, 2.24) is 20.4 Å². The van der Waals surface area contributed by atoms with Crippen LogP contribution in [0, 0.1) is 5.92 Å². The summed E-state index contributed by atoms with van der Waals surface area (Å²) in [6.07, 6.45) is 0.988. The quantitative estimate of drug-likeness (QED) is 0.864. The molecule has 0 aromatic carbocycles. The zero-order chi connectivity index (χ0) is 13.8. The van der Waals surface area contributed by atoms with Crippen LogP contribution < -0.4 is 10.6 Å². The molecule has 1 aromatic rings. The molecular weight excluding hydrogens is 262 g/mol. The first-order valence-corrected chi connectivity index (χ1v) is 7.48. The van der Waals surface area contributed by atoms with Crippen LogP contribution in [0.1, 0.15) is 30.1 Å². The fourth-order valence-electron chi connectivity index (χ4n) is 2.34. The molecule has 2 unspecified atom stereocenters. The number of carbonyl (C=O) groups excluding carboxylic acids is 1. The minimum absolute atomic E-state index is 0.108. The summed E-state index contributed by atoms with van der Waals surface area (Å²) in [6, 6.07) is 0.232. The SMILES string of the molecule is CCNc1nnc(C(=O)NC2CCN(C)CC2C)s1. The second-order valence-electron chi connectivity index (χ2n) is 5.05. The van der Waals surface area contributed by atoms with E-state index in [1.165, 1.54) is 11.3 Å². The van der Waals surface area contributed by atoms with Gasteiger partial charge in [0.25, 0.3) is 5.91 Å². The molecule has 2 atom stereocenters. The number of aromatic nitrogens is 2. The molecule has 1 saturated heterocycles. The van der Waals surface area contributed by atoms with Crippen molar-refractivity contribution in [1.29, 1.82) is 0 Å². The number of rotatable bonds is 4. The smallest absolute Gasteiger partial charge is 0.282 e. The van der Waals surface area contributed by atoms with Gasteiger partial charge in [-0.3, -0.25) is 4.79 Å². The first-order chi connectivity index (χ1) is 9.10. The number of nitrogens with zero attached hydrogens (tertiary/aromatic N) is 3. The summed E-state index contributed by atoms with van der Waals surface area (Å²) in [6.45, 7) is 6.98. The third-order valence-electron chi connectivity index (χ3n) is 3.37. The Morgan fingerprint density at radius 2 is 2.32 bits per heavy atom. The van der Waals surface area contributed by atoms with Crippen LogP contribution in [-0.4, -0.2) is 53.7 Å². The Morgan fingerprint density at radius 1 is 1.53 bits per heavy atom. The van der Waals surface area contributed by atoms with Gasteiger partial charge in [-0.2, -0.15) is 0 Å². The van der Waals surface area contributed by atoms with Gasteiger partial charge in [-0.1, -0.05) is 18.3 Å². The van der Waals surface area contributed by atoms with Crippen LogP contribution in [0.25, 0.3) is 0 Å². The number of likely N-dealkylation sites (tertiary alicyclic amines) is 1. The van der Waals surface area contributed by atoms with Crippen LogP contribution in [0.15, 0.2) is 0 Å². The molecule has 19 heavy (non-hydrogen) atoms. The van der Waals surface area contributed by atoms with Gasteiger partial charge in [-0.25, -0.2) is 0 Å². The highest BCUT2D eigenvalue weighted by Crippen LogP contribution is 2.18. The van der Waals surface area contributed by atoms with Gasteiger partial charge < -0.3 is 15.5 Å². The highest BCUT2D eigenvalue weighted by Gasteiger charge is 2.26. The molecule has 7 heteroatoms. The summed E-state index contributed by atoms with van der Waals surface area (Å²) in [7, 11) is 2.11. The lowest BCUT2D eigenvalue weighted by atomic mass is 9.94. The molecule has 1 aliphatic heterocycles. The van der Waals surface area contributed by atoms with Crippen LogP contribution >= 0.6 is 11.3 Å². The van der Waals surface area contributed by atoms with E-state index in [4.69, 9.17) is 0 Å². The second-order valence-corrected chi connectivity index (χ2v) is 6.03. The second kappa shape index (κ2) is 6.29. The van der Waals surface area contributed by atoms with E-state index in [-0.39, 0.29) is 11.9 Å². The van der Waals surface area contributed by atoms with Crippen molar-refractivity contribution in [3.05, 3.63) is 5.01 Å². The predicted molar refractivity (Wildman–Crippen MR) is 76.6 cm³/mol. The van der Waals surface area contributed by atoms with E-state index in [0.717, 1.165) is 26.1 Å². The summed E-state index contributed by atoms with van der Waals surface area (Å²) in [4.78, 5) is 14.4. The molecule has 0 spiro atoms.